The molecule has 1 fully saturated rings. The van der Waals surface area contributed by atoms with Crippen LogP contribution < -0.4 is 5.32 Å². The van der Waals surface area contributed by atoms with E-state index < -0.39 is 0 Å². The van der Waals surface area contributed by atoms with E-state index in [0.717, 1.165) is 6.42 Å². The third kappa shape index (κ3) is 1.91. The summed E-state index contributed by atoms with van der Waals surface area (Å²) in [4.78, 5) is 8.25. The maximum Gasteiger partial charge on any atom is 0.224 e. The van der Waals surface area contributed by atoms with Gasteiger partial charge in [0.2, 0.25) is 5.95 Å². The largest absolute Gasteiger partial charge is 0.349 e. The Kier molecular flexibility index (Phi) is 2.55. The molecule has 0 radical (unpaired) electrons. The zero-order valence-electron chi connectivity index (χ0n) is 8.82. The SMILES string of the molecule is CCC1(Nc2nccc(C#N)n2)CCC1. The molecule has 78 valence electrons. The quantitative estimate of drug-likeness (QED) is 0.815. The lowest BCUT2D eigenvalue weighted by molar-refractivity contribution is 0.268. The van der Waals surface area contributed by atoms with Gasteiger partial charge in [0, 0.05) is 11.7 Å². The number of anilines is 1. The number of nitrogens with zero attached hydrogens (tertiary/aromatic N) is 3. The number of aromatic nitrogens is 2. The molecule has 15 heavy (non-hydrogen) atoms. The van der Waals surface area contributed by atoms with Crippen LogP contribution in [0.1, 0.15) is 38.3 Å². The molecular formula is C11H14N4. The molecule has 0 aromatic carbocycles. The van der Waals surface area contributed by atoms with Crippen molar-refractivity contribution in [1.29, 1.82) is 5.26 Å². The first-order valence-electron chi connectivity index (χ1n) is 5.29. The summed E-state index contributed by atoms with van der Waals surface area (Å²) in [6.45, 7) is 2.17. The number of nitrogens with one attached hydrogen (secondary N) is 1. The Hall–Kier alpha value is -1.63. The number of hydrogen-bond donors (Lipinski definition) is 1. The molecule has 2 rings (SSSR count). The van der Waals surface area contributed by atoms with Gasteiger partial charge in [0.15, 0.2) is 0 Å². The predicted octanol–water partition coefficient (Wildman–Crippen LogP) is 2.09. The molecule has 0 aliphatic heterocycles. The van der Waals surface area contributed by atoms with E-state index in [0.29, 0.717) is 11.6 Å². The highest BCUT2D eigenvalue weighted by Gasteiger charge is 2.35. The van der Waals surface area contributed by atoms with Gasteiger partial charge in [0.25, 0.3) is 0 Å². The summed E-state index contributed by atoms with van der Waals surface area (Å²) in [6, 6.07) is 3.63. The van der Waals surface area contributed by atoms with Crippen LogP contribution in [0.15, 0.2) is 12.3 Å². The molecule has 1 N–H and O–H groups in total. The van der Waals surface area contributed by atoms with Gasteiger partial charge in [-0.1, -0.05) is 6.92 Å². The van der Waals surface area contributed by atoms with Gasteiger partial charge in [0.05, 0.1) is 0 Å². The predicted molar refractivity (Wildman–Crippen MR) is 57.2 cm³/mol. The van der Waals surface area contributed by atoms with Crippen LogP contribution in [0.25, 0.3) is 0 Å². The van der Waals surface area contributed by atoms with Crippen LogP contribution in [0.2, 0.25) is 0 Å². The molecule has 4 nitrogen and oxygen atoms in total. The molecule has 0 bridgehead atoms. The lowest BCUT2D eigenvalue weighted by atomic mass is 9.75. The van der Waals surface area contributed by atoms with E-state index in [1.807, 2.05) is 6.07 Å². The van der Waals surface area contributed by atoms with Gasteiger partial charge in [-0.05, 0) is 31.7 Å². The molecule has 0 atom stereocenters. The minimum absolute atomic E-state index is 0.175. The summed E-state index contributed by atoms with van der Waals surface area (Å²) in [6.07, 6.45) is 6.30. The summed E-state index contributed by atoms with van der Waals surface area (Å²) in [5.74, 6) is 0.579. The molecule has 1 aromatic heterocycles. The number of nitriles is 1. The molecule has 0 spiro atoms. The topological polar surface area (TPSA) is 61.6 Å². The molecular weight excluding hydrogens is 188 g/mol. The van der Waals surface area contributed by atoms with E-state index in [9.17, 15) is 0 Å². The van der Waals surface area contributed by atoms with Crippen molar-refractivity contribution >= 4 is 5.95 Å². The Bertz CT molecular complexity index is 384. The van der Waals surface area contributed by atoms with E-state index in [-0.39, 0.29) is 5.54 Å². The van der Waals surface area contributed by atoms with E-state index in [2.05, 4.69) is 22.2 Å². The summed E-state index contributed by atoms with van der Waals surface area (Å²) >= 11 is 0. The lowest BCUT2D eigenvalue weighted by Gasteiger charge is -2.41. The van der Waals surface area contributed by atoms with Gasteiger partial charge in [0.1, 0.15) is 11.8 Å². The highest BCUT2D eigenvalue weighted by Crippen LogP contribution is 2.37. The van der Waals surface area contributed by atoms with Crippen LogP contribution in [0.5, 0.6) is 0 Å². The second-order valence-corrected chi connectivity index (χ2v) is 3.99. The average molecular weight is 202 g/mol. The highest BCUT2D eigenvalue weighted by atomic mass is 15.1. The first kappa shape index (κ1) is 9.91. The van der Waals surface area contributed by atoms with Gasteiger partial charge in [-0.15, -0.1) is 0 Å². The molecule has 1 aliphatic carbocycles. The molecule has 4 heteroatoms. The number of rotatable bonds is 3. The van der Waals surface area contributed by atoms with Crippen molar-refractivity contribution in [2.45, 2.75) is 38.1 Å². The van der Waals surface area contributed by atoms with Crippen LogP contribution in [0.4, 0.5) is 5.95 Å². The van der Waals surface area contributed by atoms with Crippen LogP contribution in [-0.2, 0) is 0 Å². The second kappa shape index (κ2) is 3.85. The third-order valence-corrected chi connectivity index (χ3v) is 3.13. The van der Waals surface area contributed by atoms with Gasteiger partial charge in [-0.2, -0.15) is 5.26 Å². The first-order valence-corrected chi connectivity index (χ1v) is 5.29. The van der Waals surface area contributed by atoms with Crippen LogP contribution in [0.3, 0.4) is 0 Å². The second-order valence-electron chi connectivity index (χ2n) is 3.99. The molecule has 0 unspecified atom stereocenters. The lowest BCUT2D eigenvalue weighted by Crippen LogP contribution is -2.44. The minimum Gasteiger partial charge on any atom is -0.349 e. The molecule has 1 saturated carbocycles. The van der Waals surface area contributed by atoms with Gasteiger partial charge >= 0.3 is 0 Å². The first-order chi connectivity index (χ1) is 7.28. The van der Waals surface area contributed by atoms with Crippen molar-refractivity contribution in [2.75, 3.05) is 5.32 Å². The van der Waals surface area contributed by atoms with E-state index >= 15 is 0 Å². The Morgan fingerprint density at radius 1 is 1.60 bits per heavy atom. The van der Waals surface area contributed by atoms with Gasteiger partial charge < -0.3 is 5.32 Å². The summed E-state index contributed by atoms with van der Waals surface area (Å²) in [7, 11) is 0. The monoisotopic (exact) mass is 202 g/mol. The van der Waals surface area contributed by atoms with Crippen molar-refractivity contribution in [2.24, 2.45) is 0 Å². The van der Waals surface area contributed by atoms with Crippen LogP contribution in [-0.4, -0.2) is 15.5 Å². The smallest absolute Gasteiger partial charge is 0.224 e. The van der Waals surface area contributed by atoms with Crippen LogP contribution >= 0.6 is 0 Å². The average Bonchev–Trinajstić information content (AvgIpc) is 2.24. The van der Waals surface area contributed by atoms with Crippen molar-refractivity contribution in [1.82, 2.24) is 9.97 Å². The van der Waals surface area contributed by atoms with Gasteiger partial charge in [-0.3, -0.25) is 0 Å². The van der Waals surface area contributed by atoms with E-state index in [1.165, 1.54) is 19.3 Å². The minimum atomic E-state index is 0.175. The van der Waals surface area contributed by atoms with Crippen LogP contribution in [0, 0.1) is 11.3 Å². The Morgan fingerprint density at radius 2 is 2.40 bits per heavy atom. The summed E-state index contributed by atoms with van der Waals surface area (Å²) in [5, 5.41) is 12.1. The highest BCUT2D eigenvalue weighted by molar-refractivity contribution is 5.34. The molecule has 1 aliphatic rings. The third-order valence-electron chi connectivity index (χ3n) is 3.13. The fraction of sp³-hybridized carbons (Fsp3) is 0.545. The summed E-state index contributed by atoms with van der Waals surface area (Å²) < 4.78 is 0. The maximum atomic E-state index is 8.72. The number of hydrogen-bond acceptors (Lipinski definition) is 4. The van der Waals surface area contributed by atoms with Crippen molar-refractivity contribution < 1.29 is 0 Å². The Morgan fingerprint density at radius 3 is 2.93 bits per heavy atom. The molecule has 0 amide bonds. The van der Waals surface area contributed by atoms with E-state index in [1.54, 1.807) is 12.3 Å². The van der Waals surface area contributed by atoms with Crippen molar-refractivity contribution in [3.8, 4) is 6.07 Å². The maximum absolute atomic E-state index is 8.72. The standard InChI is InChI=1S/C11H14N4/c1-2-11(5-3-6-11)15-10-13-7-4-9(8-12)14-10/h4,7H,2-3,5-6H2,1H3,(H,13,14,15). The van der Waals surface area contributed by atoms with Crippen molar-refractivity contribution in [3.63, 3.8) is 0 Å². The summed E-state index contributed by atoms with van der Waals surface area (Å²) in [5.41, 5.74) is 0.590. The molecule has 0 saturated heterocycles. The van der Waals surface area contributed by atoms with Gasteiger partial charge in [-0.25, -0.2) is 9.97 Å². The normalized spacial score (nSPS) is 17.6. The zero-order chi connectivity index (χ0) is 10.7. The zero-order valence-corrected chi connectivity index (χ0v) is 8.82. The Balaban J connectivity index is 2.13. The molecule has 1 aromatic rings. The fourth-order valence-corrected chi connectivity index (χ4v) is 1.89. The Labute approximate surface area is 89.4 Å². The van der Waals surface area contributed by atoms with E-state index in [4.69, 9.17) is 5.26 Å². The molecule has 1 heterocycles. The van der Waals surface area contributed by atoms with Crippen molar-refractivity contribution in [3.05, 3.63) is 18.0 Å². The fourth-order valence-electron chi connectivity index (χ4n) is 1.89.